The Morgan fingerprint density at radius 3 is 2.65 bits per heavy atom. The molecule has 0 aromatic carbocycles. The van der Waals surface area contributed by atoms with Crippen LogP contribution in [0.15, 0.2) is 33.9 Å². The molecule has 0 unspecified atom stereocenters. The molecular formula is C12H13NO4S3. The van der Waals surface area contributed by atoms with Crippen LogP contribution in [0.2, 0.25) is 0 Å². The standard InChI is InChI=1S/C12H13NO4S3/c1-13(8-10-3-2-6-18-10)20(16,17)12-5-4-9(19-12)7-11(14)15/h2-6H,7-8H2,1H3,(H,14,15). The topological polar surface area (TPSA) is 74.7 Å². The number of hydrogen-bond acceptors (Lipinski definition) is 5. The largest absolute Gasteiger partial charge is 0.481 e. The van der Waals surface area contributed by atoms with Gasteiger partial charge in [-0.3, -0.25) is 4.79 Å². The second kappa shape index (κ2) is 6.04. The van der Waals surface area contributed by atoms with Crippen LogP contribution in [0, 0.1) is 0 Å². The van der Waals surface area contributed by atoms with Crippen LogP contribution in [-0.2, 0) is 27.8 Å². The summed E-state index contributed by atoms with van der Waals surface area (Å²) in [6.07, 6.45) is -0.158. The third-order valence-electron chi connectivity index (χ3n) is 2.59. The van der Waals surface area contributed by atoms with Gasteiger partial charge >= 0.3 is 5.97 Å². The van der Waals surface area contributed by atoms with E-state index in [4.69, 9.17) is 5.11 Å². The summed E-state index contributed by atoms with van der Waals surface area (Å²) in [7, 11) is -2.04. The zero-order valence-corrected chi connectivity index (χ0v) is 13.1. The molecule has 8 heteroatoms. The summed E-state index contributed by atoms with van der Waals surface area (Å²) in [5, 5.41) is 10.6. The Hall–Kier alpha value is -1.22. The Kier molecular flexibility index (Phi) is 4.59. The van der Waals surface area contributed by atoms with Gasteiger partial charge in [0.05, 0.1) is 6.42 Å². The van der Waals surface area contributed by atoms with Crippen molar-refractivity contribution in [3.63, 3.8) is 0 Å². The van der Waals surface area contributed by atoms with Gasteiger partial charge in [-0.05, 0) is 23.6 Å². The van der Waals surface area contributed by atoms with Gasteiger partial charge in [-0.2, -0.15) is 4.31 Å². The van der Waals surface area contributed by atoms with Crippen LogP contribution in [0.5, 0.6) is 0 Å². The highest BCUT2D eigenvalue weighted by atomic mass is 32.2. The minimum absolute atomic E-state index is 0.158. The number of sulfonamides is 1. The fourth-order valence-corrected chi connectivity index (χ4v) is 5.15. The van der Waals surface area contributed by atoms with Crippen LogP contribution in [0.25, 0.3) is 0 Å². The van der Waals surface area contributed by atoms with E-state index in [0.29, 0.717) is 11.4 Å². The maximum atomic E-state index is 12.4. The van der Waals surface area contributed by atoms with Crippen molar-refractivity contribution in [2.45, 2.75) is 17.2 Å². The van der Waals surface area contributed by atoms with Crippen molar-refractivity contribution < 1.29 is 18.3 Å². The molecule has 0 saturated heterocycles. The van der Waals surface area contributed by atoms with Gasteiger partial charge in [0, 0.05) is 23.3 Å². The molecule has 1 N–H and O–H groups in total. The van der Waals surface area contributed by atoms with Crippen LogP contribution in [0.4, 0.5) is 0 Å². The summed E-state index contributed by atoms with van der Waals surface area (Å²) in [5.74, 6) is -0.970. The molecule has 5 nitrogen and oxygen atoms in total. The van der Waals surface area contributed by atoms with Crippen molar-refractivity contribution in [2.24, 2.45) is 0 Å². The van der Waals surface area contributed by atoms with Crippen molar-refractivity contribution in [3.05, 3.63) is 39.4 Å². The molecule has 0 aliphatic heterocycles. The summed E-state index contributed by atoms with van der Waals surface area (Å²) in [5.41, 5.74) is 0. The maximum absolute atomic E-state index is 12.4. The number of carbonyl (C=O) groups is 1. The van der Waals surface area contributed by atoms with Crippen LogP contribution >= 0.6 is 22.7 Å². The molecule has 0 aliphatic rings. The smallest absolute Gasteiger partial charge is 0.308 e. The van der Waals surface area contributed by atoms with Crippen molar-refractivity contribution in [2.75, 3.05) is 7.05 Å². The van der Waals surface area contributed by atoms with Gasteiger partial charge in [-0.15, -0.1) is 22.7 Å². The minimum atomic E-state index is -3.56. The van der Waals surface area contributed by atoms with Crippen molar-refractivity contribution in [1.82, 2.24) is 4.31 Å². The van der Waals surface area contributed by atoms with Crippen LogP contribution < -0.4 is 0 Å². The predicted octanol–water partition coefficient (Wildman–Crippen LogP) is 2.26. The van der Waals surface area contributed by atoms with Gasteiger partial charge in [-0.1, -0.05) is 6.07 Å². The average Bonchev–Trinajstić information content (AvgIpc) is 2.99. The summed E-state index contributed by atoms with van der Waals surface area (Å²) < 4.78 is 26.1. The van der Waals surface area contributed by atoms with E-state index < -0.39 is 16.0 Å². The molecule has 0 bridgehead atoms. The Balaban J connectivity index is 2.16. The molecule has 0 radical (unpaired) electrons. The van der Waals surface area contributed by atoms with E-state index in [0.717, 1.165) is 16.2 Å². The monoisotopic (exact) mass is 331 g/mol. The molecule has 0 fully saturated rings. The number of nitrogens with zero attached hydrogens (tertiary/aromatic N) is 1. The molecule has 2 aromatic heterocycles. The lowest BCUT2D eigenvalue weighted by molar-refractivity contribution is -0.136. The first-order chi connectivity index (χ1) is 9.39. The molecule has 2 rings (SSSR count). The van der Waals surface area contributed by atoms with E-state index in [-0.39, 0.29) is 10.6 Å². The number of rotatable bonds is 6. The van der Waals surface area contributed by atoms with E-state index >= 15 is 0 Å². The van der Waals surface area contributed by atoms with E-state index in [1.54, 1.807) is 6.07 Å². The molecule has 2 aromatic rings. The van der Waals surface area contributed by atoms with E-state index in [9.17, 15) is 13.2 Å². The van der Waals surface area contributed by atoms with Gasteiger partial charge in [0.25, 0.3) is 10.0 Å². The molecular weight excluding hydrogens is 318 g/mol. The lowest BCUT2D eigenvalue weighted by atomic mass is 10.3. The quantitative estimate of drug-likeness (QED) is 0.881. The summed E-state index contributed by atoms with van der Waals surface area (Å²) in [4.78, 5) is 12.1. The van der Waals surface area contributed by atoms with Gasteiger partial charge in [0.15, 0.2) is 0 Å². The van der Waals surface area contributed by atoms with Gasteiger partial charge in [0.2, 0.25) is 0 Å². The molecule has 20 heavy (non-hydrogen) atoms. The maximum Gasteiger partial charge on any atom is 0.308 e. The predicted molar refractivity (Wildman–Crippen MR) is 78.6 cm³/mol. The van der Waals surface area contributed by atoms with Gasteiger partial charge in [-0.25, -0.2) is 8.42 Å². The summed E-state index contributed by atoms with van der Waals surface area (Å²) >= 11 is 2.50. The van der Waals surface area contributed by atoms with Crippen molar-refractivity contribution in [1.29, 1.82) is 0 Å². The third kappa shape index (κ3) is 3.45. The van der Waals surface area contributed by atoms with E-state index in [2.05, 4.69) is 0 Å². The van der Waals surface area contributed by atoms with Gasteiger partial charge < -0.3 is 5.11 Å². The Morgan fingerprint density at radius 2 is 2.05 bits per heavy atom. The number of aliphatic carboxylic acids is 1. The SMILES string of the molecule is CN(Cc1cccs1)S(=O)(=O)c1ccc(CC(=O)O)s1. The zero-order chi connectivity index (χ0) is 14.8. The second-order valence-corrected chi connectivity index (χ2v) is 8.60. The van der Waals surface area contributed by atoms with Gasteiger partial charge in [0.1, 0.15) is 4.21 Å². The molecule has 0 aliphatic carbocycles. The van der Waals surface area contributed by atoms with Crippen LogP contribution in [-0.4, -0.2) is 30.8 Å². The zero-order valence-electron chi connectivity index (χ0n) is 10.6. The molecule has 108 valence electrons. The molecule has 0 saturated carbocycles. The number of carboxylic acids is 1. The first kappa shape index (κ1) is 15.2. The third-order valence-corrected chi connectivity index (χ3v) is 6.80. The lowest BCUT2D eigenvalue weighted by Gasteiger charge is -2.14. The van der Waals surface area contributed by atoms with Crippen LogP contribution in [0.1, 0.15) is 9.75 Å². The average molecular weight is 331 g/mol. The van der Waals surface area contributed by atoms with Crippen LogP contribution in [0.3, 0.4) is 0 Å². The minimum Gasteiger partial charge on any atom is -0.481 e. The number of carboxylic acid groups (broad SMARTS) is 1. The highest BCUT2D eigenvalue weighted by Gasteiger charge is 2.23. The van der Waals surface area contributed by atoms with E-state index in [1.807, 2.05) is 17.5 Å². The fraction of sp³-hybridized carbons (Fsp3) is 0.250. The molecule has 0 atom stereocenters. The summed E-state index contributed by atoms with van der Waals surface area (Å²) in [6.45, 7) is 0.312. The second-order valence-electron chi connectivity index (χ2n) is 4.13. The fourth-order valence-electron chi connectivity index (χ4n) is 1.60. The Morgan fingerprint density at radius 1 is 1.30 bits per heavy atom. The van der Waals surface area contributed by atoms with Crippen molar-refractivity contribution in [3.8, 4) is 0 Å². The first-order valence-electron chi connectivity index (χ1n) is 5.69. The number of thiophene rings is 2. The highest BCUT2D eigenvalue weighted by Crippen LogP contribution is 2.26. The molecule has 2 heterocycles. The summed E-state index contributed by atoms with van der Waals surface area (Å²) in [6, 6.07) is 6.76. The molecule has 0 spiro atoms. The van der Waals surface area contributed by atoms with E-state index in [1.165, 1.54) is 28.8 Å². The Labute approximate surface area is 125 Å². The highest BCUT2D eigenvalue weighted by molar-refractivity contribution is 7.91. The van der Waals surface area contributed by atoms with Crippen molar-refractivity contribution >= 4 is 38.7 Å². The normalized spacial score (nSPS) is 11.9. The number of hydrogen-bond donors (Lipinski definition) is 1. The lowest BCUT2D eigenvalue weighted by Crippen LogP contribution is -2.25. The molecule has 0 amide bonds. The first-order valence-corrected chi connectivity index (χ1v) is 8.82. The Bertz CT molecular complexity index is 688.